The summed E-state index contributed by atoms with van der Waals surface area (Å²) < 4.78 is 5.45. The van der Waals surface area contributed by atoms with Gasteiger partial charge in [-0.3, -0.25) is 4.99 Å². The molecule has 1 aliphatic heterocycles. The first-order chi connectivity index (χ1) is 12.6. The van der Waals surface area contributed by atoms with Crippen molar-refractivity contribution in [1.29, 1.82) is 0 Å². The number of aliphatic imine (C=N–C) groups is 1. The average molecular weight is 374 g/mol. The van der Waals surface area contributed by atoms with Gasteiger partial charge in [0.2, 0.25) is 0 Å². The smallest absolute Gasteiger partial charge is 0.0783 e. The minimum atomic E-state index is 0.296. The second-order valence-electron chi connectivity index (χ2n) is 7.53. The summed E-state index contributed by atoms with van der Waals surface area (Å²) in [6, 6.07) is 0.415. The third kappa shape index (κ3) is 7.67. The molecule has 0 radical (unpaired) electrons. The van der Waals surface area contributed by atoms with Crippen LogP contribution in [0.4, 0.5) is 0 Å². The van der Waals surface area contributed by atoms with Crippen LogP contribution >= 0.6 is 11.8 Å². The van der Waals surface area contributed by atoms with Crippen molar-refractivity contribution < 1.29 is 4.74 Å². The molecule has 2 rings (SSSR count). The van der Waals surface area contributed by atoms with Gasteiger partial charge in [0, 0.05) is 18.8 Å². The van der Waals surface area contributed by atoms with Crippen LogP contribution < -0.4 is 0 Å². The molecule has 0 amide bonds. The number of hydrogen-bond acceptors (Lipinski definition) is 3. The molecule has 3 heteroatoms. The second-order valence-corrected chi connectivity index (χ2v) is 8.57. The van der Waals surface area contributed by atoms with Crippen molar-refractivity contribution in [2.24, 2.45) is 16.8 Å². The minimum Gasteiger partial charge on any atom is -0.381 e. The molecule has 1 saturated carbocycles. The topological polar surface area (TPSA) is 21.6 Å². The molecule has 0 aromatic rings. The number of thioether (sulfide) groups is 1. The standard InChI is InChI=1S/C23H35NOS/c1-5-11-21(25-4)15-14-18(2)12-9-7-6-8-10-13-20-17-26-23(24-20)22-16-19(22)3/h5,7,9-10,12-13,19-22H,1,6,8,11,14-17H2,2-4H3/b9-7+,13-10-,18-12+/t19-,20?,21?,22+/m0/s1. The van der Waals surface area contributed by atoms with Gasteiger partial charge in [-0.05, 0) is 51.4 Å². The minimum absolute atomic E-state index is 0.296. The SMILES string of the molecule is C=CCC(CC/C(C)=C/C=C/CC/C=C\C1CSC([C@@H]2C[C@@H]2C)=N1)OC. The summed E-state index contributed by atoms with van der Waals surface area (Å²) in [5, 5.41) is 1.41. The summed E-state index contributed by atoms with van der Waals surface area (Å²) in [4.78, 5) is 4.86. The zero-order chi connectivity index (χ0) is 18.8. The highest BCUT2D eigenvalue weighted by Gasteiger charge is 2.39. The molecular weight excluding hydrogens is 338 g/mol. The fraction of sp³-hybridized carbons (Fsp3) is 0.609. The van der Waals surface area contributed by atoms with Crippen LogP contribution in [-0.2, 0) is 4.74 Å². The maximum atomic E-state index is 5.45. The summed E-state index contributed by atoms with van der Waals surface area (Å²) in [5.74, 6) is 2.79. The van der Waals surface area contributed by atoms with Crippen LogP contribution in [0.25, 0.3) is 0 Å². The maximum absolute atomic E-state index is 5.45. The Morgan fingerprint density at radius 3 is 2.85 bits per heavy atom. The van der Waals surface area contributed by atoms with Gasteiger partial charge in [0.1, 0.15) is 0 Å². The molecule has 4 atom stereocenters. The van der Waals surface area contributed by atoms with Gasteiger partial charge < -0.3 is 4.74 Å². The molecule has 0 spiro atoms. The molecule has 0 bridgehead atoms. The molecule has 2 unspecified atom stereocenters. The van der Waals surface area contributed by atoms with E-state index < -0.39 is 0 Å². The van der Waals surface area contributed by atoms with E-state index >= 15 is 0 Å². The average Bonchev–Trinajstić information content (AvgIpc) is 3.18. The lowest BCUT2D eigenvalue weighted by molar-refractivity contribution is 0.0981. The monoisotopic (exact) mass is 373 g/mol. The lowest BCUT2D eigenvalue weighted by Crippen LogP contribution is -2.08. The van der Waals surface area contributed by atoms with Crippen LogP contribution in [0.2, 0.25) is 0 Å². The van der Waals surface area contributed by atoms with Gasteiger partial charge in [0.15, 0.2) is 0 Å². The van der Waals surface area contributed by atoms with E-state index in [1.165, 1.54) is 17.0 Å². The molecule has 0 saturated heterocycles. The molecule has 1 fully saturated rings. The number of methoxy groups -OCH3 is 1. The second kappa shape index (κ2) is 11.6. The summed E-state index contributed by atoms with van der Waals surface area (Å²) in [6.45, 7) is 8.31. The van der Waals surface area contributed by atoms with Crippen LogP contribution in [-0.4, -0.2) is 30.1 Å². The van der Waals surface area contributed by atoms with Crippen molar-refractivity contribution >= 4 is 16.8 Å². The van der Waals surface area contributed by atoms with Gasteiger partial charge in [-0.25, -0.2) is 0 Å². The fourth-order valence-corrected chi connectivity index (χ4v) is 4.42. The maximum Gasteiger partial charge on any atom is 0.0783 e. The van der Waals surface area contributed by atoms with Gasteiger partial charge in [-0.2, -0.15) is 0 Å². The van der Waals surface area contributed by atoms with Crippen molar-refractivity contribution in [2.75, 3.05) is 12.9 Å². The predicted octanol–water partition coefficient (Wildman–Crippen LogP) is 6.37. The number of hydrogen-bond donors (Lipinski definition) is 0. The van der Waals surface area contributed by atoms with Crippen LogP contribution in [0.5, 0.6) is 0 Å². The van der Waals surface area contributed by atoms with Gasteiger partial charge in [0.05, 0.1) is 17.2 Å². The Balaban J connectivity index is 1.58. The van der Waals surface area contributed by atoms with Crippen LogP contribution in [0.15, 0.2) is 53.6 Å². The van der Waals surface area contributed by atoms with E-state index in [-0.39, 0.29) is 0 Å². The number of rotatable bonds is 12. The quantitative estimate of drug-likeness (QED) is 0.225. The molecule has 0 N–H and O–H groups in total. The van der Waals surface area contributed by atoms with E-state index in [0.717, 1.165) is 49.7 Å². The molecule has 144 valence electrons. The van der Waals surface area contributed by atoms with Crippen molar-refractivity contribution in [3.8, 4) is 0 Å². The van der Waals surface area contributed by atoms with E-state index in [9.17, 15) is 0 Å². The molecule has 0 aromatic heterocycles. The molecule has 26 heavy (non-hydrogen) atoms. The summed E-state index contributed by atoms with van der Waals surface area (Å²) in [5.41, 5.74) is 1.40. The Labute approximate surface area is 164 Å². The number of nitrogens with zero attached hydrogens (tertiary/aromatic N) is 1. The summed E-state index contributed by atoms with van der Waals surface area (Å²) in [6.07, 6.45) is 20.1. The Bertz CT molecular complexity index is 561. The Hall–Kier alpha value is -1.06. The largest absolute Gasteiger partial charge is 0.381 e. The zero-order valence-electron chi connectivity index (χ0n) is 16.7. The van der Waals surface area contributed by atoms with Gasteiger partial charge >= 0.3 is 0 Å². The molecule has 2 nitrogen and oxygen atoms in total. The molecule has 2 aliphatic rings. The van der Waals surface area contributed by atoms with Crippen LogP contribution in [0, 0.1) is 11.8 Å². The van der Waals surface area contributed by atoms with E-state index in [1.54, 1.807) is 7.11 Å². The zero-order valence-corrected chi connectivity index (χ0v) is 17.5. The molecule has 1 heterocycles. The predicted molar refractivity (Wildman–Crippen MR) is 117 cm³/mol. The first-order valence-electron chi connectivity index (χ1n) is 9.97. The Morgan fingerprint density at radius 1 is 1.38 bits per heavy atom. The van der Waals surface area contributed by atoms with Gasteiger partial charge in [-0.15, -0.1) is 18.3 Å². The van der Waals surface area contributed by atoms with Crippen LogP contribution in [0.1, 0.15) is 52.4 Å². The third-order valence-electron chi connectivity index (χ3n) is 5.12. The summed E-state index contributed by atoms with van der Waals surface area (Å²) in [7, 11) is 1.78. The Morgan fingerprint density at radius 2 is 2.15 bits per heavy atom. The first kappa shape index (κ1) is 21.2. The van der Waals surface area contributed by atoms with Crippen molar-refractivity contribution in [3.05, 3.63) is 48.6 Å². The highest BCUT2D eigenvalue weighted by atomic mass is 32.2. The number of unbranched alkanes of at least 4 members (excludes halogenated alkanes) is 1. The molecule has 0 aromatic carbocycles. The van der Waals surface area contributed by atoms with Crippen molar-refractivity contribution in [2.45, 2.75) is 64.5 Å². The molecular formula is C23H35NOS. The van der Waals surface area contributed by atoms with Gasteiger partial charge in [-0.1, -0.05) is 49.0 Å². The van der Waals surface area contributed by atoms with Crippen molar-refractivity contribution in [1.82, 2.24) is 0 Å². The number of allylic oxidation sites excluding steroid dienone is 5. The third-order valence-corrected chi connectivity index (χ3v) is 6.33. The van der Waals surface area contributed by atoms with E-state index in [2.05, 4.69) is 50.8 Å². The van der Waals surface area contributed by atoms with Crippen LogP contribution in [0.3, 0.4) is 0 Å². The van der Waals surface area contributed by atoms with E-state index in [1.807, 2.05) is 17.8 Å². The van der Waals surface area contributed by atoms with Crippen molar-refractivity contribution in [3.63, 3.8) is 0 Å². The lowest BCUT2D eigenvalue weighted by atomic mass is 10.1. The van der Waals surface area contributed by atoms with E-state index in [4.69, 9.17) is 9.73 Å². The molecule has 1 aliphatic carbocycles. The number of ether oxygens (including phenoxy) is 1. The first-order valence-corrected chi connectivity index (χ1v) is 11.0. The van der Waals surface area contributed by atoms with E-state index in [0.29, 0.717) is 12.1 Å². The summed E-state index contributed by atoms with van der Waals surface area (Å²) >= 11 is 1.97. The Kier molecular flexibility index (Phi) is 9.49. The highest BCUT2D eigenvalue weighted by Crippen LogP contribution is 2.44. The van der Waals surface area contributed by atoms with Gasteiger partial charge in [0.25, 0.3) is 0 Å². The lowest BCUT2D eigenvalue weighted by Gasteiger charge is -2.12. The highest BCUT2D eigenvalue weighted by molar-refractivity contribution is 8.14. The normalized spacial score (nSPS) is 27.3. The fourth-order valence-electron chi connectivity index (χ4n) is 3.14.